The van der Waals surface area contributed by atoms with Gasteiger partial charge in [0.05, 0.1) is 0 Å². The highest BCUT2D eigenvalue weighted by atomic mass is 32.1. The number of aliphatic carboxylic acids is 3. The highest BCUT2D eigenvalue weighted by Crippen LogP contribution is 2.03. The summed E-state index contributed by atoms with van der Waals surface area (Å²) in [7, 11) is 1.18. The average molecular weight is 308 g/mol. The Kier molecular flexibility index (Phi) is 7.44. The number of hydrogen-bond acceptors (Lipinski definition) is 5. The molecule has 0 aromatic heterocycles. The zero-order valence-electron chi connectivity index (χ0n) is 10.6. The predicted molar refractivity (Wildman–Crippen MR) is 69.9 cm³/mol. The largest absolute Gasteiger partial charge is 0.481 e. The summed E-state index contributed by atoms with van der Waals surface area (Å²) in [5, 5.41) is 28.3. The molecule has 0 aliphatic rings. The van der Waals surface area contributed by atoms with Crippen molar-refractivity contribution < 1.29 is 34.5 Å². The molecule has 10 heteroatoms. The Hall–Kier alpha value is -1.97. The summed E-state index contributed by atoms with van der Waals surface area (Å²) in [5.74, 6) is -4.02. The van der Waals surface area contributed by atoms with Crippen molar-refractivity contribution in [1.82, 2.24) is 10.2 Å². The van der Waals surface area contributed by atoms with Gasteiger partial charge < -0.3 is 25.5 Å². The van der Waals surface area contributed by atoms with Crippen LogP contribution in [-0.4, -0.2) is 69.0 Å². The molecule has 20 heavy (non-hydrogen) atoms. The number of nitrogens with zero attached hydrogens (tertiary/aromatic N) is 1. The third-order valence-electron chi connectivity index (χ3n) is 2.49. The molecule has 1 unspecified atom stereocenters. The average Bonchev–Trinajstić information content (AvgIpc) is 2.33. The quantitative estimate of drug-likeness (QED) is 0.374. The maximum absolute atomic E-state index is 11.7. The van der Waals surface area contributed by atoms with Gasteiger partial charge >= 0.3 is 23.9 Å². The molecule has 0 spiro atoms. The highest BCUT2D eigenvalue weighted by Gasteiger charge is 2.28. The van der Waals surface area contributed by atoms with Gasteiger partial charge in [-0.3, -0.25) is 4.79 Å². The molecule has 0 radical (unpaired) electrons. The van der Waals surface area contributed by atoms with E-state index >= 15 is 0 Å². The van der Waals surface area contributed by atoms with Crippen molar-refractivity contribution in [1.29, 1.82) is 0 Å². The van der Waals surface area contributed by atoms with E-state index in [1.54, 1.807) is 0 Å². The third-order valence-corrected chi connectivity index (χ3v) is 2.83. The van der Waals surface area contributed by atoms with E-state index in [9.17, 15) is 19.2 Å². The number of rotatable bonds is 8. The van der Waals surface area contributed by atoms with Crippen molar-refractivity contribution in [3.05, 3.63) is 0 Å². The fraction of sp³-hybridized carbons (Fsp3) is 0.600. The summed E-state index contributed by atoms with van der Waals surface area (Å²) in [6.45, 7) is 0. The molecule has 9 nitrogen and oxygen atoms in total. The van der Waals surface area contributed by atoms with Gasteiger partial charge in [-0.05, 0) is 6.42 Å². The molecule has 0 aliphatic heterocycles. The van der Waals surface area contributed by atoms with Gasteiger partial charge in [-0.1, -0.05) is 0 Å². The number of thiol groups is 1. The molecule has 0 bridgehead atoms. The Morgan fingerprint density at radius 3 is 2.05 bits per heavy atom. The smallest absolute Gasteiger partial charge is 0.327 e. The van der Waals surface area contributed by atoms with Crippen LogP contribution in [0.3, 0.4) is 0 Å². The number of nitrogens with one attached hydrogen (secondary N) is 1. The number of amides is 2. The van der Waals surface area contributed by atoms with Crippen LogP contribution in [0.15, 0.2) is 0 Å². The summed E-state index contributed by atoms with van der Waals surface area (Å²) in [5.41, 5.74) is 0. The lowest BCUT2D eigenvalue weighted by molar-refractivity contribution is -0.141. The first kappa shape index (κ1) is 18.0. The zero-order chi connectivity index (χ0) is 15.9. The lowest BCUT2D eigenvalue weighted by Gasteiger charge is -2.25. The number of carbonyl (C=O) groups is 4. The lowest BCUT2D eigenvalue weighted by atomic mass is 10.1. The molecular formula is C10H16N2O7S. The minimum atomic E-state index is -1.41. The first-order chi connectivity index (χ1) is 9.20. The monoisotopic (exact) mass is 308 g/mol. The van der Waals surface area contributed by atoms with E-state index in [4.69, 9.17) is 15.3 Å². The van der Waals surface area contributed by atoms with Crippen LogP contribution in [0.4, 0.5) is 4.79 Å². The molecule has 2 amide bonds. The molecular weight excluding hydrogens is 292 g/mol. The third kappa shape index (κ3) is 5.78. The molecule has 2 atom stereocenters. The fourth-order valence-corrected chi connectivity index (χ4v) is 1.68. The van der Waals surface area contributed by atoms with E-state index in [1.807, 2.05) is 0 Å². The van der Waals surface area contributed by atoms with Gasteiger partial charge in [0.15, 0.2) is 0 Å². The zero-order valence-corrected chi connectivity index (χ0v) is 11.5. The summed E-state index contributed by atoms with van der Waals surface area (Å²) in [6.07, 6.45) is -0.737. The van der Waals surface area contributed by atoms with Crippen molar-refractivity contribution in [3.63, 3.8) is 0 Å². The Balaban J connectivity index is 4.70. The maximum Gasteiger partial charge on any atom is 0.327 e. The first-order valence-electron chi connectivity index (χ1n) is 5.52. The maximum atomic E-state index is 11.7. The highest BCUT2D eigenvalue weighted by molar-refractivity contribution is 7.80. The van der Waals surface area contributed by atoms with Crippen molar-refractivity contribution >= 4 is 36.6 Å². The number of carbonyl (C=O) groups excluding carboxylic acids is 1. The Bertz CT molecular complexity index is 401. The van der Waals surface area contributed by atoms with Crippen molar-refractivity contribution in [2.75, 3.05) is 12.8 Å². The van der Waals surface area contributed by atoms with Crippen molar-refractivity contribution in [2.45, 2.75) is 24.9 Å². The standard InChI is InChI=1S/C10H16N2O7S/c1-12(6(4-20)9(17)18)10(19)11-5(8(15)16)2-3-7(13)14/h5-6,20H,2-4H2,1H3,(H,11,19)(H,13,14)(H,15,16)(H,17,18)/t5?,6-/m0/s1. The number of carboxylic acid groups (broad SMARTS) is 3. The number of hydrogen-bond donors (Lipinski definition) is 5. The topological polar surface area (TPSA) is 144 Å². The van der Waals surface area contributed by atoms with E-state index in [0.717, 1.165) is 4.90 Å². The van der Waals surface area contributed by atoms with Gasteiger partial charge in [-0.2, -0.15) is 12.6 Å². The molecule has 0 heterocycles. The molecule has 0 aromatic rings. The predicted octanol–water partition coefficient (Wildman–Crippen LogP) is -0.671. The molecule has 114 valence electrons. The minimum absolute atomic E-state index is 0.147. The van der Waals surface area contributed by atoms with E-state index in [-0.39, 0.29) is 12.2 Å². The summed E-state index contributed by atoms with van der Waals surface area (Å²) in [6, 6.07) is -3.55. The number of likely N-dealkylation sites (N-methyl/N-ethyl adjacent to an activating group) is 1. The Labute approximate surface area is 120 Å². The number of carboxylic acids is 3. The number of urea groups is 1. The first-order valence-corrected chi connectivity index (χ1v) is 6.15. The van der Waals surface area contributed by atoms with Gasteiger partial charge in [0.1, 0.15) is 12.1 Å². The molecule has 0 aliphatic carbocycles. The second kappa shape index (κ2) is 8.25. The van der Waals surface area contributed by atoms with Crippen LogP contribution in [-0.2, 0) is 14.4 Å². The van der Waals surface area contributed by atoms with Gasteiger partial charge in [0.25, 0.3) is 0 Å². The fourth-order valence-electron chi connectivity index (χ4n) is 1.28. The molecule has 0 saturated carbocycles. The van der Waals surface area contributed by atoms with E-state index in [0.29, 0.717) is 0 Å². The van der Waals surface area contributed by atoms with E-state index < -0.39 is 42.4 Å². The van der Waals surface area contributed by atoms with Crippen LogP contribution in [0.25, 0.3) is 0 Å². The van der Waals surface area contributed by atoms with Gasteiger partial charge in [-0.15, -0.1) is 0 Å². The molecule has 4 N–H and O–H groups in total. The Morgan fingerprint density at radius 2 is 1.70 bits per heavy atom. The second-order valence-corrected chi connectivity index (χ2v) is 4.29. The van der Waals surface area contributed by atoms with Gasteiger partial charge in [0, 0.05) is 19.2 Å². The van der Waals surface area contributed by atoms with Crippen molar-refractivity contribution in [3.8, 4) is 0 Å². The lowest BCUT2D eigenvalue weighted by Crippen LogP contribution is -2.52. The van der Waals surface area contributed by atoms with Crippen LogP contribution in [0, 0.1) is 0 Å². The normalized spacial score (nSPS) is 13.1. The molecule has 0 aromatic carbocycles. The minimum Gasteiger partial charge on any atom is -0.481 e. The van der Waals surface area contributed by atoms with Crippen molar-refractivity contribution in [2.24, 2.45) is 0 Å². The summed E-state index contributed by atoms with van der Waals surface area (Å²) < 4.78 is 0. The molecule has 0 fully saturated rings. The van der Waals surface area contributed by atoms with Gasteiger partial charge in [0.2, 0.25) is 0 Å². The summed E-state index contributed by atoms with van der Waals surface area (Å²) >= 11 is 3.79. The molecule has 0 rings (SSSR count). The van der Waals surface area contributed by atoms with Crippen LogP contribution >= 0.6 is 12.6 Å². The van der Waals surface area contributed by atoms with Crippen LogP contribution in [0.2, 0.25) is 0 Å². The van der Waals surface area contributed by atoms with Crippen LogP contribution in [0.1, 0.15) is 12.8 Å². The van der Waals surface area contributed by atoms with Crippen LogP contribution in [0.5, 0.6) is 0 Å². The second-order valence-electron chi connectivity index (χ2n) is 3.92. The Morgan fingerprint density at radius 1 is 1.15 bits per heavy atom. The summed E-state index contributed by atoms with van der Waals surface area (Å²) in [4.78, 5) is 44.6. The SMILES string of the molecule is CN(C(=O)NC(CCC(=O)O)C(=O)O)[C@@H](CS)C(=O)O. The van der Waals surface area contributed by atoms with E-state index in [1.165, 1.54) is 7.05 Å². The van der Waals surface area contributed by atoms with E-state index in [2.05, 4.69) is 17.9 Å². The van der Waals surface area contributed by atoms with Gasteiger partial charge in [-0.25, -0.2) is 14.4 Å². The molecule has 0 saturated heterocycles. The van der Waals surface area contributed by atoms with Crippen LogP contribution < -0.4 is 5.32 Å².